The number of rotatable bonds is 3. The molecule has 1 amide bonds. The highest BCUT2D eigenvalue weighted by Gasteiger charge is 2.31. The molecular formula is C17H21N5O. The number of nitrogens with zero attached hydrogens (tertiary/aromatic N) is 2. The van der Waals surface area contributed by atoms with Gasteiger partial charge in [0.05, 0.1) is 5.82 Å². The average Bonchev–Trinajstić information content (AvgIpc) is 3.14. The molecule has 1 aromatic carbocycles. The van der Waals surface area contributed by atoms with Gasteiger partial charge in [-0.1, -0.05) is 18.7 Å². The number of aryl methyl sites for hydroxylation is 1. The molecule has 0 bridgehead atoms. The first-order chi connectivity index (χ1) is 11.0. The van der Waals surface area contributed by atoms with Crippen molar-refractivity contribution in [2.45, 2.75) is 18.9 Å². The Bertz CT molecular complexity index is 791. The second kappa shape index (κ2) is 5.79. The van der Waals surface area contributed by atoms with Crippen molar-refractivity contribution in [2.75, 3.05) is 6.54 Å². The van der Waals surface area contributed by atoms with Crippen LogP contribution in [0.25, 0.3) is 10.9 Å². The second-order valence-electron chi connectivity index (χ2n) is 5.87. The average molecular weight is 311 g/mol. The van der Waals surface area contributed by atoms with Crippen LogP contribution in [0.4, 0.5) is 0 Å². The number of hydrogen-bond donors (Lipinski definition) is 3. The quantitative estimate of drug-likeness (QED) is 0.593. The molecule has 0 aliphatic carbocycles. The van der Waals surface area contributed by atoms with Crippen molar-refractivity contribution in [3.05, 3.63) is 48.4 Å². The van der Waals surface area contributed by atoms with E-state index in [1.54, 1.807) is 4.90 Å². The van der Waals surface area contributed by atoms with Crippen LogP contribution in [0.2, 0.25) is 0 Å². The van der Waals surface area contributed by atoms with Gasteiger partial charge in [-0.05, 0) is 25.0 Å². The van der Waals surface area contributed by atoms with Crippen LogP contribution in [0.1, 0.15) is 18.4 Å². The van der Waals surface area contributed by atoms with Gasteiger partial charge >= 0.3 is 0 Å². The Kier molecular flexibility index (Phi) is 3.82. The largest absolute Gasteiger partial charge is 0.386 e. The summed E-state index contributed by atoms with van der Waals surface area (Å²) in [7, 11) is 1.96. The predicted octanol–water partition coefficient (Wildman–Crippen LogP) is 1.51. The Hall–Kier alpha value is -2.76. The van der Waals surface area contributed by atoms with E-state index in [2.05, 4.69) is 11.9 Å². The summed E-state index contributed by atoms with van der Waals surface area (Å²) in [5.41, 5.74) is 7.48. The molecule has 1 aliphatic rings. The lowest BCUT2D eigenvalue weighted by Gasteiger charge is -2.25. The van der Waals surface area contributed by atoms with Crippen LogP contribution in [-0.4, -0.2) is 33.8 Å². The summed E-state index contributed by atoms with van der Waals surface area (Å²) in [5.74, 6) is 0.313. The lowest BCUT2D eigenvalue weighted by Crippen LogP contribution is -2.46. The van der Waals surface area contributed by atoms with Gasteiger partial charge in [0, 0.05) is 36.3 Å². The van der Waals surface area contributed by atoms with E-state index >= 15 is 0 Å². The molecule has 1 fully saturated rings. The monoisotopic (exact) mass is 311 g/mol. The molecule has 0 radical (unpaired) electrons. The zero-order chi connectivity index (χ0) is 16.6. The molecule has 1 saturated heterocycles. The van der Waals surface area contributed by atoms with Crippen LogP contribution in [0.5, 0.6) is 0 Å². The van der Waals surface area contributed by atoms with Crippen molar-refractivity contribution in [1.29, 1.82) is 5.41 Å². The zero-order valence-electron chi connectivity index (χ0n) is 13.2. The fourth-order valence-electron chi connectivity index (χ4n) is 3.18. The third-order valence-electron chi connectivity index (χ3n) is 4.37. The number of fused-ring (bicyclic) bond motifs is 1. The maximum atomic E-state index is 12.5. The van der Waals surface area contributed by atoms with Gasteiger partial charge in [-0.2, -0.15) is 0 Å². The first-order valence-corrected chi connectivity index (χ1v) is 7.64. The van der Waals surface area contributed by atoms with Gasteiger partial charge in [0.1, 0.15) is 11.9 Å². The maximum absolute atomic E-state index is 12.5. The Morgan fingerprint density at radius 2 is 2.22 bits per heavy atom. The van der Waals surface area contributed by atoms with E-state index in [9.17, 15) is 4.79 Å². The molecule has 23 heavy (non-hydrogen) atoms. The highest BCUT2D eigenvalue weighted by molar-refractivity contribution is 6.13. The number of nitrogens with two attached hydrogens (primary N) is 1. The van der Waals surface area contributed by atoms with E-state index in [0.29, 0.717) is 11.4 Å². The van der Waals surface area contributed by atoms with Crippen LogP contribution in [-0.2, 0) is 11.8 Å². The summed E-state index contributed by atoms with van der Waals surface area (Å²) in [6.07, 6.45) is 3.57. The van der Waals surface area contributed by atoms with Crippen molar-refractivity contribution in [3.8, 4) is 0 Å². The molecule has 3 rings (SSSR count). The normalized spacial score (nSPS) is 17.4. The molecule has 0 spiro atoms. The van der Waals surface area contributed by atoms with E-state index in [0.717, 1.165) is 30.3 Å². The number of amides is 1. The van der Waals surface area contributed by atoms with E-state index in [1.807, 2.05) is 42.1 Å². The summed E-state index contributed by atoms with van der Waals surface area (Å²) in [6, 6.07) is 7.34. The minimum atomic E-state index is -0.345. The minimum Gasteiger partial charge on any atom is -0.386 e. The van der Waals surface area contributed by atoms with Crippen molar-refractivity contribution in [3.63, 3.8) is 0 Å². The summed E-state index contributed by atoms with van der Waals surface area (Å²) < 4.78 is 1.99. The number of hydrogen-bond acceptors (Lipinski definition) is 4. The molecule has 1 atom stereocenters. The number of carbonyl (C=O) groups is 1. The van der Waals surface area contributed by atoms with E-state index in [4.69, 9.17) is 11.1 Å². The molecule has 2 aromatic rings. The smallest absolute Gasteiger partial charge is 0.248 e. The van der Waals surface area contributed by atoms with Crippen LogP contribution >= 0.6 is 0 Å². The molecular weight excluding hydrogens is 290 g/mol. The number of carbonyl (C=O) groups excluding carboxylic acids is 1. The fraction of sp³-hybridized carbons (Fsp3) is 0.294. The molecule has 1 unspecified atom stereocenters. The van der Waals surface area contributed by atoms with Gasteiger partial charge in [-0.15, -0.1) is 0 Å². The Morgan fingerprint density at radius 3 is 2.96 bits per heavy atom. The van der Waals surface area contributed by atoms with Gasteiger partial charge in [0.15, 0.2) is 0 Å². The summed E-state index contributed by atoms with van der Waals surface area (Å²) in [5, 5.41) is 11.9. The van der Waals surface area contributed by atoms with Gasteiger partial charge in [-0.25, -0.2) is 0 Å². The highest BCUT2D eigenvalue weighted by Crippen LogP contribution is 2.21. The molecule has 120 valence electrons. The van der Waals surface area contributed by atoms with Crippen molar-refractivity contribution >= 4 is 22.6 Å². The van der Waals surface area contributed by atoms with E-state index in [-0.39, 0.29) is 17.8 Å². The van der Waals surface area contributed by atoms with Gasteiger partial charge in [0.25, 0.3) is 0 Å². The summed E-state index contributed by atoms with van der Waals surface area (Å²) >= 11 is 0. The predicted molar refractivity (Wildman–Crippen MR) is 90.9 cm³/mol. The molecule has 0 saturated carbocycles. The van der Waals surface area contributed by atoms with Gasteiger partial charge in [0.2, 0.25) is 5.91 Å². The first kappa shape index (κ1) is 15.1. The lowest BCUT2D eigenvalue weighted by molar-refractivity contribution is -0.123. The molecule has 2 heterocycles. The number of benzene rings is 1. The lowest BCUT2D eigenvalue weighted by atomic mass is 10.1. The van der Waals surface area contributed by atoms with Crippen LogP contribution < -0.4 is 11.1 Å². The van der Waals surface area contributed by atoms with Crippen molar-refractivity contribution in [2.24, 2.45) is 12.8 Å². The molecule has 1 aromatic heterocycles. The number of likely N-dealkylation sites (tertiary alicyclic amines) is 1. The molecule has 1 aliphatic heterocycles. The maximum Gasteiger partial charge on any atom is 0.248 e. The zero-order valence-corrected chi connectivity index (χ0v) is 13.2. The SMILES string of the molecule is C=C(N)N1CCCC1C(=O)NC(=N)c1cccc2c1ccn2C. The van der Waals surface area contributed by atoms with Gasteiger partial charge < -0.3 is 20.5 Å². The molecule has 4 N–H and O–H groups in total. The fourth-order valence-corrected chi connectivity index (χ4v) is 3.18. The first-order valence-electron chi connectivity index (χ1n) is 7.64. The highest BCUT2D eigenvalue weighted by atomic mass is 16.2. The van der Waals surface area contributed by atoms with Crippen LogP contribution in [0.15, 0.2) is 42.9 Å². The number of nitrogens with one attached hydrogen (secondary N) is 2. The molecule has 6 nitrogen and oxygen atoms in total. The van der Waals surface area contributed by atoms with Crippen molar-refractivity contribution in [1.82, 2.24) is 14.8 Å². The topological polar surface area (TPSA) is 87.1 Å². The minimum absolute atomic E-state index is 0.112. The summed E-state index contributed by atoms with van der Waals surface area (Å²) in [6.45, 7) is 4.45. The second-order valence-corrected chi connectivity index (χ2v) is 5.87. The molecule has 6 heteroatoms. The Balaban J connectivity index is 1.81. The van der Waals surface area contributed by atoms with E-state index in [1.165, 1.54) is 0 Å². The standard InChI is InChI=1S/C17H21N5O/c1-11(18)22-9-4-7-15(22)17(23)20-16(19)13-5-3-6-14-12(13)8-10-21(14)2/h3,5-6,8,10,15H,1,4,7,9,18H2,2H3,(H2,19,20,23). The van der Waals surface area contributed by atoms with Crippen LogP contribution in [0, 0.1) is 5.41 Å². The third-order valence-corrected chi connectivity index (χ3v) is 4.37. The summed E-state index contributed by atoms with van der Waals surface area (Å²) in [4.78, 5) is 14.3. The third kappa shape index (κ3) is 2.67. The Labute approximate surface area is 135 Å². The van der Waals surface area contributed by atoms with Crippen molar-refractivity contribution < 1.29 is 4.79 Å². The Morgan fingerprint density at radius 1 is 1.43 bits per heavy atom. The van der Waals surface area contributed by atoms with Crippen LogP contribution in [0.3, 0.4) is 0 Å². The number of amidine groups is 1. The van der Waals surface area contributed by atoms with E-state index < -0.39 is 0 Å². The van der Waals surface area contributed by atoms with Gasteiger partial charge in [-0.3, -0.25) is 10.2 Å². The number of aromatic nitrogens is 1.